The highest BCUT2D eigenvalue weighted by atomic mass is 16.5. The van der Waals surface area contributed by atoms with Gasteiger partial charge in [-0.25, -0.2) is 4.68 Å². The molecule has 154 valence electrons. The van der Waals surface area contributed by atoms with Gasteiger partial charge in [-0.3, -0.25) is 4.79 Å². The van der Waals surface area contributed by atoms with Crippen molar-refractivity contribution in [2.75, 3.05) is 19.8 Å². The number of carbonyl (C=O) groups excluding carboxylic acids is 1. The smallest absolute Gasteiger partial charge is 0.244 e. The lowest BCUT2D eigenvalue weighted by Gasteiger charge is -2.20. The van der Waals surface area contributed by atoms with E-state index in [9.17, 15) is 4.79 Å². The summed E-state index contributed by atoms with van der Waals surface area (Å²) in [7, 11) is 0. The van der Waals surface area contributed by atoms with Gasteiger partial charge in [0.15, 0.2) is 5.82 Å². The van der Waals surface area contributed by atoms with Gasteiger partial charge in [-0.05, 0) is 35.4 Å². The molecule has 2 aromatic rings. The summed E-state index contributed by atoms with van der Waals surface area (Å²) in [4.78, 5) is 12.6. The van der Waals surface area contributed by atoms with Crippen LogP contribution in [0.4, 0.5) is 0 Å². The van der Waals surface area contributed by atoms with Gasteiger partial charge in [0.25, 0.3) is 0 Å². The molecule has 1 heterocycles. The fraction of sp³-hybridized carbons (Fsp3) is 0.600. The van der Waals surface area contributed by atoms with Gasteiger partial charge in [-0.1, -0.05) is 45.0 Å². The number of aromatic nitrogens is 4. The first kappa shape index (κ1) is 22.0. The molecule has 0 aliphatic heterocycles. The Morgan fingerprint density at radius 1 is 1.21 bits per heavy atom. The van der Waals surface area contributed by atoms with Crippen LogP contribution in [0.1, 0.15) is 57.6 Å². The molecular weight excluding hydrogens is 358 g/mol. The molecule has 1 unspecified atom stereocenters. The molecule has 1 N–H and O–H groups in total. The number of ether oxygens (including phenoxy) is 2. The van der Waals surface area contributed by atoms with E-state index in [4.69, 9.17) is 9.47 Å². The number of hydrogen-bond acceptors (Lipinski definition) is 6. The van der Waals surface area contributed by atoms with Gasteiger partial charge in [0, 0.05) is 18.6 Å². The van der Waals surface area contributed by atoms with Gasteiger partial charge < -0.3 is 14.8 Å². The van der Waals surface area contributed by atoms with Crippen molar-refractivity contribution < 1.29 is 14.3 Å². The molecule has 0 aliphatic carbocycles. The standard InChI is InChI=1S/C20H31N5O3/c1-6-27-10-11-28-14-17-9-7-8-16(12-17)13-21-18(26)15(2)25-19(20(3,4)5)22-23-24-25/h7-9,12,15H,6,10-11,13-14H2,1-5H3,(H,21,26). The Morgan fingerprint density at radius 3 is 2.64 bits per heavy atom. The molecule has 0 fully saturated rings. The first-order valence-electron chi connectivity index (χ1n) is 9.62. The van der Waals surface area contributed by atoms with Crippen LogP contribution in [0.5, 0.6) is 0 Å². The minimum atomic E-state index is -0.491. The van der Waals surface area contributed by atoms with Crippen molar-refractivity contribution in [1.82, 2.24) is 25.5 Å². The molecule has 0 bridgehead atoms. The second-order valence-corrected chi connectivity index (χ2v) is 7.66. The summed E-state index contributed by atoms with van der Waals surface area (Å²) in [6.07, 6.45) is 0. The highest BCUT2D eigenvalue weighted by Crippen LogP contribution is 2.21. The minimum Gasteiger partial charge on any atom is -0.379 e. The minimum absolute atomic E-state index is 0.129. The number of tetrazole rings is 1. The van der Waals surface area contributed by atoms with Gasteiger partial charge in [-0.2, -0.15) is 0 Å². The molecule has 1 amide bonds. The third kappa shape index (κ3) is 6.38. The van der Waals surface area contributed by atoms with Crippen molar-refractivity contribution >= 4 is 5.91 Å². The number of hydrogen-bond donors (Lipinski definition) is 1. The Balaban J connectivity index is 1.89. The van der Waals surface area contributed by atoms with Crippen LogP contribution in [0.2, 0.25) is 0 Å². The molecule has 8 nitrogen and oxygen atoms in total. The van der Waals surface area contributed by atoms with Gasteiger partial charge in [0.1, 0.15) is 6.04 Å². The number of nitrogens with one attached hydrogen (secondary N) is 1. The molecule has 1 atom stereocenters. The Kier molecular flexibility index (Phi) is 8.07. The van der Waals surface area contributed by atoms with Crippen molar-refractivity contribution in [3.05, 3.63) is 41.2 Å². The molecule has 0 spiro atoms. The molecule has 0 radical (unpaired) electrons. The van der Waals surface area contributed by atoms with Crippen molar-refractivity contribution in [3.63, 3.8) is 0 Å². The zero-order chi connectivity index (χ0) is 20.6. The molecule has 1 aromatic carbocycles. The third-order valence-electron chi connectivity index (χ3n) is 4.21. The van der Waals surface area contributed by atoms with Crippen molar-refractivity contribution in [2.45, 2.75) is 59.2 Å². The lowest BCUT2D eigenvalue weighted by atomic mass is 9.95. The van der Waals surface area contributed by atoms with Crippen LogP contribution in [0.3, 0.4) is 0 Å². The van der Waals surface area contributed by atoms with E-state index in [1.165, 1.54) is 0 Å². The van der Waals surface area contributed by atoms with Gasteiger partial charge >= 0.3 is 0 Å². The lowest BCUT2D eigenvalue weighted by Crippen LogP contribution is -2.33. The van der Waals surface area contributed by atoms with Crippen LogP contribution in [-0.2, 0) is 32.8 Å². The van der Waals surface area contributed by atoms with E-state index in [0.29, 0.717) is 38.8 Å². The van der Waals surface area contributed by atoms with E-state index < -0.39 is 6.04 Å². The van der Waals surface area contributed by atoms with E-state index in [1.807, 2.05) is 52.0 Å². The van der Waals surface area contributed by atoms with Crippen LogP contribution < -0.4 is 5.32 Å². The second kappa shape index (κ2) is 10.3. The highest BCUT2D eigenvalue weighted by Gasteiger charge is 2.27. The predicted octanol–water partition coefficient (Wildman–Crippen LogP) is 2.40. The van der Waals surface area contributed by atoms with Gasteiger partial charge in [0.05, 0.1) is 19.8 Å². The SMILES string of the molecule is CCOCCOCc1cccc(CNC(=O)C(C)n2nnnc2C(C)(C)C)c1. The Bertz CT molecular complexity index is 754. The van der Waals surface area contributed by atoms with Crippen molar-refractivity contribution in [3.8, 4) is 0 Å². The van der Waals surface area contributed by atoms with E-state index in [0.717, 1.165) is 11.1 Å². The quantitative estimate of drug-likeness (QED) is 0.628. The maximum atomic E-state index is 12.6. The van der Waals surface area contributed by atoms with E-state index >= 15 is 0 Å². The summed E-state index contributed by atoms with van der Waals surface area (Å²) in [5.74, 6) is 0.553. The van der Waals surface area contributed by atoms with Crippen LogP contribution in [-0.4, -0.2) is 45.9 Å². The van der Waals surface area contributed by atoms with Crippen LogP contribution >= 0.6 is 0 Å². The second-order valence-electron chi connectivity index (χ2n) is 7.66. The molecule has 28 heavy (non-hydrogen) atoms. The predicted molar refractivity (Wildman–Crippen MR) is 106 cm³/mol. The lowest BCUT2D eigenvalue weighted by molar-refractivity contribution is -0.124. The molecule has 1 aromatic heterocycles. The Labute approximate surface area is 166 Å². The number of benzene rings is 1. The molecule has 2 rings (SSSR count). The Hall–Kier alpha value is -2.32. The van der Waals surface area contributed by atoms with Gasteiger partial charge in [-0.15, -0.1) is 5.10 Å². The monoisotopic (exact) mass is 389 g/mol. The molecule has 0 saturated heterocycles. The normalized spacial score (nSPS) is 12.8. The molecule has 0 saturated carbocycles. The summed E-state index contributed by atoms with van der Waals surface area (Å²) in [5.41, 5.74) is 1.83. The largest absolute Gasteiger partial charge is 0.379 e. The number of carbonyl (C=O) groups is 1. The summed E-state index contributed by atoms with van der Waals surface area (Å²) >= 11 is 0. The van der Waals surface area contributed by atoms with Crippen LogP contribution in [0, 0.1) is 0 Å². The van der Waals surface area contributed by atoms with E-state index in [-0.39, 0.29) is 11.3 Å². The summed E-state index contributed by atoms with van der Waals surface area (Å²) in [6.45, 7) is 12.6. The highest BCUT2D eigenvalue weighted by molar-refractivity contribution is 5.79. The van der Waals surface area contributed by atoms with E-state index in [2.05, 4.69) is 20.8 Å². The first-order valence-corrected chi connectivity index (χ1v) is 9.62. The molecule has 0 aliphatic rings. The van der Waals surface area contributed by atoms with Crippen molar-refractivity contribution in [1.29, 1.82) is 0 Å². The topological polar surface area (TPSA) is 91.2 Å². The molecule has 8 heteroatoms. The summed E-state index contributed by atoms with van der Waals surface area (Å²) in [6, 6.07) is 7.49. The van der Waals surface area contributed by atoms with E-state index in [1.54, 1.807) is 11.6 Å². The summed E-state index contributed by atoms with van der Waals surface area (Å²) in [5, 5.41) is 14.8. The maximum Gasteiger partial charge on any atom is 0.244 e. The van der Waals surface area contributed by atoms with Crippen molar-refractivity contribution in [2.24, 2.45) is 0 Å². The van der Waals surface area contributed by atoms with Crippen LogP contribution in [0.25, 0.3) is 0 Å². The first-order chi connectivity index (χ1) is 13.3. The average molecular weight is 390 g/mol. The maximum absolute atomic E-state index is 12.6. The average Bonchev–Trinajstić information content (AvgIpc) is 3.16. The number of amides is 1. The van der Waals surface area contributed by atoms with Gasteiger partial charge in [0.2, 0.25) is 5.91 Å². The number of nitrogens with zero attached hydrogens (tertiary/aromatic N) is 4. The Morgan fingerprint density at radius 2 is 1.93 bits per heavy atom. The third-order valence-corrected chi connectivity index (χ3v) is 4.21. The van der Waals surface area contributed by atoms with Crippen LogP contribution in [0.15, 0.2) is 24.3 Å². The number of rotatable bonds is 10. The fourth-order valence-electron chi connectivity index (χ4n) is 2.68. The zero-order valence-electron chi connectivity index (χ0n) is 17.4. The fourth-order valence-corrected chi connectivity index (χ4v) is 2.68. The molecular formula is C20H31N5O3. The summed E-state index contributed by atoms with van der Waals surface area (Å²) < 4.78 is 12.4. The zero-order valence-corrected chi connectivity index (χ0v) is 17.4.